The number of fused-ring (bicyclic) bond motifs is 1. The number of halogens is 1. The quantitative estimate of drug-likeness (QED) is 0.368. The van der Waals surface area contributed by atoms with Gasteiger partial charge in [0.15, 0.2) is 0 Å². The standard InChI is InChI=1S/C16H14ClN5O2S/c1-2-19-14(23)11-7-10-13(20-16(18)21-15(10)25-11)12(22-24)8-4-3-5-9(17)6-8/h3-7,24H,2H2,1H3,(H,19,23)(H2,18,20,21)/b22-12+. The molecule has 25 heavy (non-hydrogen) atoms. The molecule has 9 heteroatoms. The highest BCUT2D eigenvalue weighted by Crippen LogP contribution is 2.29. The number of anilines is 1. The molecule has 2 heterocycles. The number of aromatic nitrogens is 2. The second-order valence-electron chi connectivity index (χ2n) is 5.08. The van der Waals surface area contributed by atoms with Gasteiger partial charge in [0.2, 0.25) is 5.95 Å². The zero-order valence-corrected chi connectivity index (χ0v) is 14.7. The number of nitrogens with zero attached hydrogens (tertiary/aromatic N) is 3. The molecule has 1 aromatic carbocycles. The van der Waals surface area contributed by atoms with E-state index in [1.807, 2.05) is 6.92 Å². The third-order valence-electron chi connectivity index (χ3n) is 3.39. The molecule has 0 unspecified atom stereocenters. The van der Waals surface area contributed by atoms with Crippen molar-refractivity contribution < 1.29 is 10.0 Å². The fraction of sp³-hybridized carbons (Fsp3) is 0.125. The Morgan fingerprint density at radius 1 is 1.40 bits per heavy atom. The number of benzene rings is 1. The van der Waals surface area contributed by atoms with E-state index in [0.29, 0.717) is 37.9 Å². The lowest BCUT2D eigenvalue weighted by atomic mass is 10.1. The molecule has 3 rings (SSSR count). The predicted octanol–water partition coefficient (Wildman–Crippen LogP) is 2.90. The Balaban J connectivity index is 2.19. The molecule has 0 atom stereocenters. The average molecular weight is 376 g/mol. The first-order chi connectivity index (χ1) is 12.0. The number of thiophene rings is 1. The van der Waals surface area contributed by atoms with Crippen molar-refractivity contribution in [3.63, 3.8) is 0 Å². The fourth-order valence-electron chi connectivity index (χ4n) is 2.36. The summed E-state index contributed by atoms with van der Waals surface area (Å²) in [5.41, 5.74) is 6.89. The van der Waals surface area contributed by atoms with Crippen LogP contribution in [0.5, 0.6) is 0 Å². The Morgan fingerprint density at radius 2 is 2.20 bits per heavy atom. The van der Waals surface area contributed by atoms with Gasteiger partial charge >= 0.3 is 0 Å². The van der Waals surface area contributed by atoms with Crippen LogP contribution in [-0.2, 0) is 0 Å². The van der Waals surface area contributed by atoms with Crippen molar-refractivity contribution in [3.05, 3.63) is 51.5 Å². The summed E-state index contributed by atoms with van der Waals surface area (Å²) in [7, 11) is 0. The molecule has 0 aliphatic rings. The summed E-state index contributed by atoms with van der Waals surface area (Å²) < 4.78 is 0. The van der Waals surface area contributed by atoms with Crippen molar-refractivity contribution >= 4 is 50.7 Å². The maximum atomic E-state index is 12.1. The fourth-order valence-corrected chi connectivity index (χ4v) is 3.50. The zero-order valence-electron chi connectivity index (χ0n) is 13.2. The highest BCUT2D eigenvalue weighted by molar-refractivity contribution is 7.20. The van der Waals surface area contributed by atoms with Crippen LogP contribution in [-0.4, -0.2) is 33.3 Å². The molecule has 4 N–H and O–H groups in total. The average Bonchev–Trinajstić information content (AvgIpc) is 3.00. The van der Waals surface area contributed by atoms with Crippen molar-refractivity contribution in [1.29, 1.82) is 0 Å². The lowest BCUT2D eigenvalue weighted by molar-refractivity contribution is 0.0960. The smallest absolute Gasteiger partial charge is 0.261 e. The minimum Gasteiger partial charge on any atom is -0.410 e. The Hall–Kier alpha value is -2.71. The maximum Gasteiger partial charge on any atom is 0.261 e. The van der Waals surface area contributed by atoms with Crippen LogP contribution in [0.1, 0.15) is 27.9 Å². The number of carbonyl (C=O) groups is 1. The lowest BCUT2D eigenvalue weighted by Gasteiger charge is -2.06. The Kier molecular flexibility index (Phi) is 4.82. The van der Waals surface area contributed by atoms with E-state index < -0.39 is 0 Å². The minimum atomic E-state index is -0.208. The minimum absolute atomic E-state index is 0.0231. The number of rotatable bonds is 4. The SMILES string of the molecule is CCNC(=O)c1cc2c(/C(=N/O)c3cccc(Cl)c3)nc(N)nc2s1. The van der Waals surface area contributed by atoms with Crippen molar-refractivity contribution in [1.82, 2.24) is 15.3 Å². The van der Waals surface area contributed by atoms with Gasteiger partial charge in [0, 0.05) is 22.5 Å². The van der Waals surface area contributed by atoms with Crippen LogP contribution in [0.3, 0.4) is 0 Å². The molecule has 7 nitrogen and oxygen atoms in total. The molecule has 0 aliphatic heterocycles. The highest BCUT2D eigenvalue weighted by atomic mass is 35.5. The van der Waals surface area contributed by atoms with Gasteiger partial charge in [0.25, 0.3) is 5.91 Å². The van der Waals surface area contributed by atoms with Crippen LogP contribution in [0.2, 0.25) is 5.02 Å². The van der Waals surface area contributed by atoms with Gasteiger partial charge in [0.1, 0.15) is 16.2 Å². The van der Waals surface area contributed by atoms with Crippen molar-refractivity contribution in [2.24, 2.45) is 5.16 Å². The first-order valence-corrected chi connectivity index (χ1v) is 8.56. The monoisotopic (exact) mass is 375 g/mol. The Labute approximate surface area is 152 Å². The summed E-state index contributed by atoms with van der Waals surface area (Å²) in [5.74, 6) is -0.185. The summed E-state index contributed by atoms with van der Waals surface area (Å²) in [6.07, 6.45) is 0. The van der Waals surface area contributed by atoms with Crippen LogP contribution < -0.4 is 11.1 Å². The van der Waals surface area contributed by atoms with E-state index in [-0.39, 0.29) is 17.6 Å². The lowest BCUT2D eigenvalue weighted by Crippen LogP contribution is -2.21. The molecule has 128 valence electrons. The summed E-state index contributed by atoms with van der Waals surface area (Å²) >= 11 is 7.21. The molecule has 0 saturated heterocycles. The normalized spacial score (nSPS) is 11.7. The van der Waals surface area contributed by atoms with E-state index in [4.69, 9.17) is 17.3 Å². The summed E-state index contributed by atoms with van der Waals surface area (Å²) in [5, 5.41) is 16.7. The first kappa shape index (κ1) is 17.1. The van der Waals surface area contributed by atoms with Crippen LogP contribution in [0.25, 0.3) is 10.2 Å². The third kappa shape index (κ3) is 3.40. The molecule has 2 aromatic heterocycles. The largest absolute Gasteiger partial charge is 0.410 e. The van der Waals surface area contributed by atoms with Gasteiger partial charge in [-0.05, 0) is 25.1 Å². The van der Waals surface area contributed by atoms with Crippen molar-refractivity contribution in [3.8, 4) is 0 Å². The molecule has 0 saturated carbocycles. The predicted molar refractivity (Wildman–Crippen MR) is 98.7 cm³/mol. The van der Waals surface area contributed by atoms with E-state index in [9.17, 15) is 10.0 Å². The van der Waals surface area contributed by atoms with Gasteiger partial charge in [-0.1, -0.05) is 28.9 Å². The first-order valence-electron chi connectivity index (χ1n) is 7.37. The molecule has 0 radical (unpaired) electrons. The second kappa shape index (κ2) is 7.04. The number of amides is 1. The second-order valence-corrected chi connectivity index (χ2v) is 6.55. The topological polar surface area (TPSA) is 113 Å². The van der Waals surface area contributed by atoms with Gasteiger partial charge in [-0.3, -0.25) is 4.79 Å². The molecule has 0 aliphatic carbocycles. The summed E-state index contributed by atoms with van der Waals surface area (Å²) in [4.78, 5) is 21.5. The van der Waals surface area contributed by atoms with E-state index >= 15 is 0 Å². The Morgan fingerprint density at radius 3 is 2.88 bits per heavy atom. The molecular weight excluding hydrogens is 362 g/mol. The molecule has 0 spiro atoms. The van der Waals surface area contributed by atoms with E-state index in [1.54, 1.807) is 30.3 Å². The van der Waals surface area contributed by atoms with Gasteiger partial charge in [-0.15, -0.1) is 11.3 Å². The van der Waals surface area contributed by atoms with E-state index in [2.05, 4.69) is 20.4 Å². The number of nitrogen functional groups attached to an aromatic ring is 1. The van der Waals surface area contributed by atoms with Crippen LogP contribution in [0, 0.1) is 0 Å². The van der Waals surface area contributed by atoms with Crippen molar-refractivity contribution in [2.45, 2.75) is 6.92 Å². The highest BCUT2D eigenvalue weighted by Gasteiger charge is 2.19. The molecule has 3 aromatic rings. The third-order valence-corrected chi connectivity index (χ3v) is 4.66. The van der Waals surface area contributed by atoms with Crippen LogP contribution >= 0.6 is 22.9 Å². The van der Waals surface area contributed by atoms with Crippen molar-refractivity contribution in [2.75, 3.05) is 12.3 Å². The number of hydrogen-bond acceptors (Lipinski definition) is 7. The van der Waals surface area contributed by atoms with Crippen LogP contribution in [0.15, 0.2) is 35.5 Å². The number of nitrogens with two attached hydrogens (primary N) is 1. The number of carbonyl (C=O) groups excluding carboxylic acids is 1. The molecule has 0 fully saturated rings. The molecule has 0 bridgehead atoms. The Bertz CT molecular complexity index is 986. The number of hydrogen-bond donors (Lipinski definition) is 3. The van der Waals surface area contributed by atoms with Gasteiger partial charge in [0.05, 0.1) is 4.88 Å². The maximum absolute atomic E-state index is 12.1. The summed E-state index contributed by atoms with van der Waals surface area (Å²) in [6.45, 7) is 2.35. The molecule has 1 amide bonds. The summed E-state index contributed by atoms with van der Waals surface area (Å²) in [6, 6.07) is 8.50. The van der Waals surface area contributed by atoms with E-state index in [1.165, 1.54) is 11.3 Å². The molecular formula is C16H14ClN5O2S. The zero-order chi connectivity index (χ0) is 18.0. The van der Waals surface area contributed by atoms with Crippen LogP contribution in [0.4, 0.5) is 5.95 Å². The van der Waals surface area contributed by atoms with Gasteiger partial charge < -0.3 is 16.3 Å². The van der Waals surface area contributed by atoms with Gasteiger partial charge in [-0.2, -0.15) is 0 Å². The van der Waals surface area contributed by atoms with E-state index in [0.717, 1.165) is 0 Å². The number of nitrogens with one attached hydrogen (secondary N) is 1. The number of oxime groups is 1. The van der Waals surface area contributed by atoms with Gasteiger partial charge in [-0.25, -0.2) is 9.97 Å².